The number of aromatic nitrogens is 1. The molecule has 30 heavy (non-hydrogen) atoms. The maximum atomic E-state index is 12.4. The molecule has 3 atom stereocenters. The number of Topliss-reactive ketones (excluding diaryl/α,β-unsaturated/α-hetero) is 1. The SMILES string of the molecule is CC(O)(C/C=C/[C@@H]1CCC(=O)[C@@H]1CCSc1nc(C(=O)O)cs1)CC1CCCCC1. The van der Waals surface area contributed by atoms with Crippen molar-refractivity contribution in [3.05, 3.63) is 23.2 Å². The molecule has 0 aromatic carbocycles. The zero-order valence-corrected chi connectivity index (χ0v) is 19.3. The van der Waals surface area contributed by atoms with Crippen LogP contribution in [-0.2, 0) is 4.79 Å². The van der Waals surface area contributed by atoms with Crippen molar-refractivity contribution < 1.29 is 19.8 Å². The molecule has 5 nitrogen and oxygen atoms in total. The third-order valence-corrected chi connectivity index (χ3v) is 8.46. The van der Waals surface area contributed by atoms with Crippen molar-refractivity contribution in [2.24, 2.45) is 17.8 Å². The second kappa shape index (κ2) is 10.9. The van der Waals surface area contributed by atoms with Crippen LogP contribution in [0.15, 0.2) is 21.9 Å². The molecule has 2 saturated carbocycles. The Labute approximate surface area is 187 Å². The Morgan fingerprint density at radius 2 is 2.10 bits per heavy atom. The third kappa shape index (κ3) is 6.92. The number of carbonyl (C=O) groups excluding carboxylic acids is 1. The lowest BCUT2D eigenvalue weighted by Gasteiger charge is -2.30. The fraction of sp³-hybridized carbons (Fsp3) is 0.696. The molecule has 3 rings (SSSR count). The van der Waals surface area contributed by atoms with Gasteiger partial charge in [-0.15, -0.1) is 11.3 Å². The molecule has 0 aliphatic heterocycles. The van der Waals surface area contributed by atoms with E-state index in [0.717, 1.165) is 29.4 Å². The first-order valence-corrected chi connectivity index (χ1v) is 12.9. The molecule has 0 radical (unpaired) electrons. The average molecular weight is 452 g/mol. The quantitative estimate of drug-likeness (QED) is 0.356. The Morgan fingerprint density at radius 3 is 2.80 bits per heavy atom. The number of thiazole rings is 1. The molecular weight excluding hydrogens is 418 g/mol. The van der Waals surface area contributed by atoms with E-state index in [-0.39, 0.29) is 17.5 Å². The van der Waals surface area contributed by atoms with Crippen molar-refractivity contribution in [1.82, 2.24) is 4.98 Å². The highest BCUT2D eigenvalue weighted by Gasteiger charge is 2.33. The number of carboxylic acid groups (broad SMARTS) is 1. The van der Waals surface area contributed by atoms with Crippen LogP contribution in [0.25, 0.3) is 0 Å². The van der Waals surface area contributed by atoms with Crippen LogP contribution in [0.4, 0.5) is 0 Å². The minimum Gasteiger partial charge on any atom is -0.476 e. The highest BCUT2D eigenvalue weighted by molar-refractivity contribution is 8.01. The number of rotatable bonds is 10. The summed E-state index contributed by atoms with van der Waals surface area (Å²) < 4.78 is 0.740. The highest BCUT2D eigenvalue weighted by Crippen LogP contribution is 2.36. The van der Waals surface area contributed by atoms with Gasteiger partial charge < -0.3 is 10.2 Å². The van der Waals surface area contributed by atoms with E-state index in [0.29, 0.717) is 24.5 Å². The van der Waals surface area contributed by atoms with Gasteiger partial charge in [0, 0.05) is 23.5 Å². The molecule has 166 valence electrons. The second-order valence-corrected chi connectivity index (χ2v) is 11.3. The van der Waals surface area contributed by atoms with Crippen LogP contribution in [0.3, 0.4) is 0 Å². The van der Waals surface area contributed by atoms with Gasteiger partial charge in [0.1, 0.15) is 5.78 Å². The molecular formula is C23H33NO4S2. The van der Waals surface area contributed by atoms with E-state index in [9.17, 15) is 14.7 Å². The zero-order chi connectivity index (χ0) is 21.6. The number of allylic oxidation sites excluding steroid dienone is 1. The second-order valence-electron chi connectivity index (χ2n) is 9.05. The topological polar surface area (TPSA) is 87.5 Å². The summed E-state index contributed by atoms with van der Waals surface area (Å²) in [6, 6.07) is 0. The smallest absolute Gasteiger partial charge is 0.355 e. The summed E-state index contributed by atoms with van der Waals surface area (Å²) in [6.07, 6.45) is 14.4. The Hall–Kier alpha value is -1.18. The van der Waals surface area contributed by atoms with E-state index in [1.807, 2.05) is 6.92 Å². The third-order valence-electron chi connectivity index (χ3n) is 6.41. The van der Waals surface area contributed by atoms with Crippen LogP contribution in [-0.4, -0.2) is 38.3 Å². The molecule has 1 aromatic rings. The van der Waals surface area contributed by atoms with Crippen molar-refractivity contribution in [3.63, 3.8) is 0 Å². The minimum absolute atomic E-state index is 0.0240. The number of aliphatic hydroxyl groups is 1. The van der Waals surface area contributed by atoms with Crippen LogP contribution >= 0.6 is 23.1 Å². The van der Waals surface area contributed by atoms with Crippen molar-refractivity contribution in [2.75, 3.05) is 5.75 Å². The standard InChI is InChI=1S/C23H33NO4S2/c1-23(28,14-16-6-3-2-4-7-16)12-5-8-17-9-10-20(25)18(17)11-13-29-22-24-19(15-30-22)21(26)27/h5,8,15-18,28H,2-4,6-7,9-14H2,1H3,(H,26,27)/b8-5+/t17-,18-,23?/m1/s1. The molecule has 0 spiro atoms. The van der Waals surface area contributed by atoms with E-state index in [2.05, 4.69) is 17.1 Å². The van der Waals surface area contributed by atoms with Crippen molar-refractivity contribution >= 4 is 34.9 Å². The van der Waals surface area contributed by atoms with Crippen molar-refractivity contribution in [2.45, 2.75) is 81.1 Å². The van der Waals surface area contributed by atoms with E-state index in [1.54, 1.807) is 5.38 Å². The van der Waals surface area contributed by atoms with Crippen molar-refractivity contribution in [1.29, 1.82) is 0 Å². The largest absolute Gasteiger partial charge is 0.476 e. The molecule has 7 heteroatoms. The average Bonchev–Trinajstić information content (AvgIpc) is 3.30. The molecule has 1 heterocycles. The minimum atomic E-state index is -1.01. The van der Waals surface area contributed by atoms with Gasteiger partial charge in [-0.1, -0.05) is 56.0 Å². The van der Waals surface area contributed by atoms with Gasteiger partial charge in [-0.25, -0.2) is 9.78 Å². The Morgan fingerprint density at radius 1 is 1.33 bits per heavy atom. The summed E-state index contributed by atoms with van der Waals surface area (Å²) in [5, 5.41) is 21.3. The summed E-state index contributed by atoms with van der Waals surface area (Å²) in [5.74, 6) is 0.989. The lowest BCUT2D eigenvalue weighted by molar-refractivity contribution is -0.121. The number of carboxylic acids is 1. The molecule has 0 amide bonds. The lowest BCUT2D eigenvalue weighted by Crippen LogP contribution is -2.28. The fourth-order valence-electron chi connectivity index (χ4n) is 4.83. The van der Waals surface area contributed by atoms with Gasteiger partial charge in [0.05, 0.1) is 5.60 Å². The molecule has 0 bridgehead atoms. The molecule has 2 aliphatic rings. The maximum Gasteiger partial charge on any atom is 0.355 e. The summed E-state index contributed by atoms with van der Waals surface area (Å²) >= 11 is 2.86. The Kier molecular flexibility index (Phi) is 8.54. The Balaban J connectivity index is 1.45. The summed E-state index contributed by atoms with van der Waals surface area (Å²) in [4.78, 5) is 27.4. The molecule has 2 N–H and O–H groups in total. The van der Waals surface area contributed by atoms with E-state index >= 15 is 0 Å². The van der Waals surface area contributed by atoms with E-state index < -0.39 is 11.6 Å². The zero-order valence-electron chi connectivity index (χ0n) is 17.7. The summed E-state index contributed by atoms with van der Waals surface area (Å²) in [7, 11) is 0. The predicted molar refractivity (Wildman–Crippen MR) is 121 cm³/mol. The van der Waals surface area contributed by atoms with Crippen LogP contribution in [0.5, 0.6) is 0 Å². The van der Waals surface area contributed by atoms with Crippen LogP contribution < -0.4 is 0 Å². The van der Waals surface area contributed by atoms with Gasteiger partial charge in [0.25, 0.3) is 0 Å². The Bertz CT molecular complexity index is 752. The number of aromatic carboxylic acids is 1. The number of hydrogen-bond donors (Lipinski definition) is 2. The first-order chi connectivity index (χ1) is 14.3. The van der Waals surface area contributed by atoms with Crippen LogP contribution in [0, 0.1) is 17.8 Å². The molecule has 1 unspecified atom stereocenters. The van der Waals surface area contributed by atoms with E-state index in [4.69, 9.17) is 5.11 Å². The lowest BCUT2D eigenvalue weighted by atomic mass is 9.80. The molecule has 1 aromatic heterocycles. The number of hydrogen-bond acceptors (Lipinski definition) is 6. The van der Waals surface area contributed by atoms with Gasteiger partial charge in [0.2, 0.25) is 0 Å². The van der Waals surface area contributed by atoms with Gasteiger partial charge in [-0.2, -0.15) is 0 Å². The van der Waals surface area contributed by atoms with Gasteiger partial charge in [0.15, 0.2) is 10.0 Å². The van der Waals surface area contributed by atoms with E-state index in [1.165, 1.54) is 55.2 Å². The van der Waals surface area contributed by atoms with Gasteiger partial charge in [-0.3, -0.25) is 4.79 Å². The van der Waals surface area contributed by atoms with Gasteiger partial charge in [-0.05, 0) is 44.4 Å². The number of carbonyl (C=O) groups is 2. The fourth-order valence-corrected chi connectivity index (χ4v) is 6.72. The number of ketones is 1. The normalized spacial score (nSPS) is 25.1. The monoisotopic (exact) mass is 451 g/mol. The summed E-state index contributed by atoms with van der Waals surface area (Å²) in [5.41, 5.74) is -0.584. The molecule has 0 saturated heterocycles. The number of nitrogens with zero attached hydrogens (tertiary/aromatic N) is 1. The first-order valence-electron chi connectivity index (χ1n) is 11.1. The van der Waals surface area contributed by atoms with Crippen LogP contribution in [0.2, 0.25) is 0 Å². The first kappa shape index (κ1) is 23.5. The number of thioether (sulfide) groups is 1. The van der Waals surface area contributed by atoms with Crippen molar-refractivity contribution in [3.8, 4) is 0 Å². The predicted octanol–water partition coefficient (Wildman–Crippen LogP) is 5.59. The molecule has 2 aliphatic carbocycles. The maximum absolute atomic E-state index is 12.4. The highest BCUT2D eigenvalue weighted by atomic mass is 32.2. The molecule has 2 fully saturated rings. The van der Waals surface area contributed by atoms with Gasteiger partial charge >= 0.3 is 5.97 Å². The summed E-state index contributed by atoms with van der Waals surface area (Å²) in [6.45, 7) is 1.94. The van der Waals surface area contributed by atoms with Crippen LogP contribution in [0.1, 0.15) is 81.6 Å².